The molecule has 1 aliphatic rings. The van der Waals surface area contributed by atoms with Gasteiger partial charge in [0.1, 0.15) is 0 Å². The van der Waals surface area contributed by atoms with E-state index in [0.29, 0.717) is 5.41 Å². The Balaban J connectivity index is 2.60. The second-order valence-electron chi connectivity index (χ2n) is 5.91. The van der Waals surface area contributed by atoms with Crippen molar-refractivity contribution in [2.75, 3.05) is 0 Å². The van der Waals surface area contributed by atoms with Crippen molar-refractivity contribution in [1.82, 2.24) is 0 Å². The summed E-state index contributed by atoms with van der Waals surface area (Å²) in [6.45, 7) is 9.31. The fourth-order valence-corrected chi connectivity index (χ4v) is 2.90. The predicted octanol–water partition coefficient (Wildman–Crippen LogP) is 3.72. The first-order valence-corrected chi connectivity index (χ1v) is 6.22. The molecule has 1 nitrogen and oxygen atoms in total. The molecule has 14 heavy (non-hydrogen) atoms. The molecule has 1 saturated carbocycles. The molecule has 0 atom stereocenters. The van der Waals surface area contributed by atoms with Crippen LogP contribution in [0.2, 0.25) is 0 Å². The highest BCUT2D eigenvalue weighted by atomic mass is 14.8. The van der Waals surface area contributed by atoms with E-state index < -0.39 is 0 Å². The maximum absolute atomic E-state index is 6.55. The van der Waals surface area contributed by atoms with Crippen molar-refractivity contribution in [2.45, 2.75) is 71.8 Å². The van der Waals surface area contributed by atoms with E-state index in [1.54, 1.807) is 0 Å². The van der Waals surface area contributed by atoms with Crippen molar-refractivity contribution in [3.63, 3.8) is 0 Å². The van der Waals surface area contributed by atoms with Crippen molar-refractivity contribution in [3.05, 3.63) is 0 Å². The highest BCUT2D eigenvalue weighted by Gasteiger charge is 2.39. The van der Waals surface area contributed by atoms with Crippen LogP contribution in [0.4, 0.5) is 0 Å². The molecule has 84 valence electrons. The fourth-order valence-electron chi connectivity index (χ4n) is 2.90. The van der Waals surface area contributed by atoms with Gasteiger partial charge in [-0.25, -0.2) is 0 Å². The normalized spacial score (nSPS) is 25.3. The van der Waals surface area contributed by atoms with E-state index in [0.717, 1.165) is 5.92 Å². The molecule has 0 aliphatic heterocycles. The number of rotatable bonds is 3. The Kier molecular flexibility index (Phi) is 3.63. The van der Waals surface area contributed by atoms with E-state index in [2.05, 4.69) is 27.7 Å². The van der Waals surface area contributed by atoms with Crippen LogP contribution in [0.5, 0.6) is 0 Å². The molecule has 0 spiro atoms. The SMILES string of the molecule is CCC(CC)C1(N)CCC(C)(C)CC1. The molecule has 0 aromatic carbocycles. The molecular weight excluding hydrogens is 170 g/mol. The van der Waals surface area contributed by atoms with Crippen molar-refractivity contribution >= 4 is 0 Å². The molecule has 0 aromatic heterocycles. The van der Waals surface area contributed by atoms with E-state index in [1.807, 2.05) is 0 Å². The summed E-state index contributed by atoms with van der Waals surface area (Å²) in [4.78, 5) is 0. The standard InChI is InChI=1S/C13H27N/c1-5-11(6-2)13(14)9-7-12(3,4)8-10-13/h11H,5-10,14H2,1-4H3. The highest BCUT2D eigenvalue weighted by molar-refractivity contribution is 4.96. The van der Waals surface area contributed by atoms with E-state index in [9.17, 15) is 0 Å². The van der Waals surface area contributed by atoms with Gasteiger partial charge in [0.15, 0.2) is 0 Å². The van der Waals surface area contributed by atoms with Crippen molar-refractivity contribution in [3.8, 4) is 0 Å². The van der Waals surface area contributed by atoms with Gasteiger partial charge in [-0.1, -0.05) is 40.5 Å². The average molecular weight is 197 g/mol. The summed E-state index contributed by atoms with van der Waals surface area (Å²) in [5.41, 5.74) is 7.23. The zero-order valence-corrected chi connectivity index (χ0v) is 10.4. The lowest BCUT2D eigenvalue weighted by Gasteiger charge is -2.45. The van der Waals surface area contributed by atoms with Crippen LogP contribution < -0.4 is 5.73 Å². The maximum atomic E-state index is 6.55. The zero-order valence-electron chi connectivity index (χ0n) is 10.4. The van der Waals surface area contributed by atoms with Gasteiger partial charge in [0, 0.05) is 5.54 Å². The van der Waals surface area contributed by atoms with Gasteiger partial charge in [0.05, 0.1) is 0 Å². The summed E-state index contributed by atoms with van der Waals surface area (Å²) in [7, 11) is 0. The molecule has 0 saturated heterocycles. The molecule has 0 bridgehead atoms. The predicted molar refractivity (Wildman–Crippen MR) is 63.2 cm³/mol. The van der Waals surface area contributed by atoms with Gasteiger partial charge in [-0.3, -0.25) is 0 Å². The maximum Gasteiger partial charge on any atom is 0.0183 e. The molecule has 1 heteroatoms. The molecule has 0 unspecified atom stereocenters. The summed E-state index contributed by atoms with van der Waals surface area (Å²) in [5, 5.41) is 0. The molecule has 2 N–H and O–H groups in total. The first-order valence-electron chi connectivity index (χ1n) is 6.22. The Hall–Kier alpha value is -0.0400. The van der Waals surface area contributed by atoms with Gasteiger partial charge in [-0.2, -0.15) is 0 Å². The molecule has 0 amide bonds. The van der Waals surface area contributed by atoms with Crippen LogP contribution in [0.1, 0.15) is 66.2 Å². The van der Waals surface area contributed by atoms with Crippen LogP contribution in [0, 0.1) is 11.3 Å². The van der Waals surface area contributed by atoms with Crippen LogP contribution in [-0.2, 0) is 0 Å². The third-order valence-corrected chi connectivity index (χ3v) is 4.33. The van der Waals surface area contributed by atoms with Gasteiger partial charge in [-0.05, 0) is 37.0 Å². The van der Waals surface area contributed by atoms with Crippen molar-refractivity contribution < 1.29 is 0 Å². The van der Waals surface area contributed by atoms with E-state index >= 15 is 0 Å². The topological polar surface area (TPSA) is 26.0 Å². The monoisotopic (exact) mass is 197 g/mol. The van der Waals surface area contributed by atoms with Gasteiger partial charge >= 0.3 is 0 Å². The minimum atomic E-state index is 0.152. The number of hydrogen-bond acceptors (Lipinski definition) is 1. The first kappa shape index (κ1) is 12.0. The molecule has 1 fully saturated rings. The Morgan fingerprint density at radius 3 is 1.79 bits per heavy atom. The third-order valence-electron chi connectivity index (χ3n) is 4.33. The van der Waals surface area contributed by atoms with Gasteiger partial charge in [-0.15, -0.1) is 0 Å². The van der Waals surface area contributed by atoms with Crippen LogP contribution in [0.3, 0.4) is 0 Å². The Morgan fingerprint density at radius 2 is 1.43 bits per heavy atom. The summed E-state index contributed by atoms with van der Waals surface area (Å²) >= 11 is 0. The molecule has 0 heterocycles. The van der Waals surface area contributed by atoms with Crippen LogP contribution in [-0.4, -0.2) is 5.54 Å². The number of hydrogen-bond donors (Lipinski definition) is 1. The molecule has 1 aliphatic carbocycles. The van der Waals surface area contributed by atoms with Crippen LogP contribution in [0.25, 0.3) is 0 Å². The van der Waals surface area contributed by atoms with Gasteiger partial charge in [0.2, 0.25) is 0 Å². The second kappa shape index (κ2) is 4.22. The largest absolute Gasteiger partial charge is 0.325 e. The van der Waals surface area contributed by atoms with Crippen LogP contribution in [0.15, 0.2) is 0 Å². The third kappa shape index (κ3) is 2.50. The molecular formula is C13H27N. The Bertz CT molecular complexity index is 170. The average Bonchev–Trinajstić information content (AvgIpc) is 2.13. The minimum Gasteiger partial charge on any atom is -0.325 e. The van der Waals surface area contributed by atoms with Crippen LogP contribution >= 0.6 is 0 Å². The lowest BCUT2D eigenvalue weighted by molar-refractivity contribution is 0.112. The summed E-state index contributed by atoms with van der Waals surface area (Å²) < 4.78 is 0. The second-order valence-corrected chi connectivity index (χ2v) is 5.91. The van der Waals surface area contributed by atoms with E-state index in [4.69, 9.17) is 5.73 Å². The van der Waals surface area contributed by atoms with Gasteiger partial charge < -0.3 is 5.73 Å². The van der Waals surface area contributed by atoms with E-state index in [1.165, 1.54) is 38.5 Å². The highest BCUT2D eigenvalue weighted by Crippen LogP contribution is 2.43. The lowest BCUT2D eigenvalue weighted by atomic mass is 9.64. The van der Waals surface area contributed by atoms with Crippen molar-refractivity contribution in [2.24, 2.45) is 17.1 Å². The molecule has 0 radical (unpaired) electrons. The smallest absolute Gasteiger partial charge is 0.0183 e. The quantitative estimate of drug-likeness (QED) is 0.733. The fraction of sp³-hybridized carbons (Fsp3) is 1.00. The zero-order chi connectivity index (χ0) is 10.8. The van der Waals surface area contributed by atoms with E-state index in [-0.39, 0.29) is 5.54 Å². The Labute approximate surface area is 89.5 Å². The number of nitrogens with two attached hydrogens (primary N) is 1. The van der Waals surface area contributed by atoms with Gasteiger partial charge in [0.25, 0.3) is 0 Å². The lowest BCUT2D eigenvalue weighted by Crippen LogP contribution is -2.50. The summed E-state index contributed by atoms with van der Waals surface area (Å²) in [6.07, 6.45) is 7.56. The summed E-state index contributed by atoms with van der Waals surface area (Å²) in [6, 6.07) is 0. The van der Waals surface area contributed by atoms with Crippen molar-refractivity contribution in [1.29, 1.82) is 0 Å². The minimum absolute atomic E-state index is 0.152. The molecule has 1 rings (SSSR count). The first-order chi connectivity index (χ1) is 6.43. The summed E-state index contributed by atoms with van der Waals surface area (Å²) in [5.74, 6) is 0.735. The molecule has 0 aromatic rings. The Morgan fingerprint density at radius 1 is 1.00 bits per heavy atom.